The number of imidazole rings is 1. The SMILES string of the molecule is O=S(=O)(Cc1ccccc1Cl)NCc1cn2c(n1)CCCC2. The highest BCUT2D eigenvalue weighted by atomic mass is 35.5. The lowest BCUT2D eigenvalue weighted by molar-refractivity contribution is 0.522. The Morgan fingerprint density at radius 2 is 2.09 bits per heavy atom. The first-order valence-corrected chi connectivity index (χ1v) is 9.32. The third-order valence-electron chi connectivity index (χ3n) is 3.74. The molecule has 22 heavy (non-hydrogen) atoms. The maximum Gasteiger partial charge on any atom is 0.216 e. The normalized spacial score (nSPS) is 14.8. The molecule has 1 aliphatic rings. The second kappa shape index (κ2) is 6.40. The standard InChI is InChI=1S/C15H18ClN3O2S/c16-14-6-2-1-5-12(14)11-22(20,21)17-9-13-10-19-8-4-3-7-15(19)18-13/h1-2,5-6,10,17H,3-4,7-9,11H2. The highest BCUT2D eigenvalue weighted by Gasteiger charge is 2.16. The van der Waals surface area contributed by atoms with E-state index in [0.29, 0.717) is 10.6 Å². The van der Waals surface area contributed by atoms with Crippen molar-refractivity contribution in [2.75, 3.05) is 0 Å². The number of benzene rings is 1. The van der Waals surface area contributed by atoms with Crippen molar-refractivity contribution in [2.24, 2.45) is 0 Å². The minimum Gasteiger partial charge on any atom is -0.335 e. The molecule has 7 heteroatoms. The lowest BCUT2D eigenvalue weighted by Crippen LogP contribution is -2.25. The van der Waals surface area contributed by atoms with Crippen LogP contribution in [0.15, 0.2) is 30.5 Å². The number of sulfonamides is 1. The molecule has 0 atom stereocenters. The molecule has 2 aromatic rings. The number of aryl methyl sites for hydroxylation is 2. The van der Waals surface area contributed by atoms with Gasteiger partial charge in [-0.25, -0.2) is 18.1 Å². The van der Waals surface area contributed by atoms with Gasteiger partial charge in [0.05, 0.1) is 18.0 Å². The summed E-state index contributed by atoms with van der Waals surface area (Å²) in [7, 11) is -3.44. The Balaban J connectivity index is 1.65. The van der Waals surface area contributed by atoms with E-state index in [2.05, 4.69) is 14.3 Å². The van der Waals surface area contributed by atoms with Crippen molar-refractivity contribution >= 4 is 21.6 Å². The molecule has 0 aliphatic carbocycles. The summed E-state index contributed by atoms with van der Waals surface area (Å²) < 4.78 is 29.0. The molecule has 0 radical (unpaired) electrons. The summed E-state index contributed by atoms with van der Waals surface area (Å²) in [6.07, 6.45) is 5.20. The largest absolute Gasteiger partial charge is 0.335 e. The predicted octanol–water partition coefficient (Wildman–Crippen LogP) is 2.49. The van der Waals surface area contributed by atoms with Crippen molar-refractivity contribution < 1.29 is 8.42 Å². The van der Waals surface area contributed by atoms with Crippen molar-refractivity contribution in [3.63, 3.8) is 0 Å². The van der Waals surface area contributed by atoms with Crippen LogP contribution in [0.5, 0.6) is 0 Å². The Morgan fingerprint density at radius 3 is 2.86 bits per heavy atom. The van der Waals surface area contributed by atoms with Gasteiger partial charge in [-0.15, -0.1) is 0 Å². The molecule has 0 saturated heterocycles. The molecule has 0 unspecified atom stereocenters. The van der Waals surface area contributed by atoms with E-state index in [1.165, 1.54) is 0 Å². The Morgan fingerprint density at radius 1 is 1.27 bits per heavy atom. The summed E-state index contributed by atoms with van der Waals surface area (Å²) in [6, 6.07) is 6.97. The highest BCUT2D eigenvalue weighted by molar-refractivity contribution is 7.88. The van der Waals surface area contributed by atoms with E-state index in [0.717, 1.165) is 37.3 Å². The number of fused-ring (bicyclic) bond motifs is 1. The summed E-state index contributed by atoms with van der Waals surface area (Å²) in [6.45, 7) is 1.18. The molecule has 0 fully saturated rings. The molecular weight excluding hydrogens is 322 g/mol. The van der Waals surface area contributed by atoms with Crippen LogP contribution in [-0.2, 0) is 35.3 Å². The molecule has 2 heterocycles. The van der Waals surface area contributed by atoms with Gasteiger partial charge >= 0.3 is 0 Å². The van der Waals surface area contributed by atoms with E-state index in [1.807, 2.05) is 6.20 Å². The first-order valence-electron chi connectivity index (χ1n) is 7.29. The zero-order valence-electron chi connectivity index (χ0n) is 12.1. The summed E-state index contributed by atoms with van der Waals surface area (Å²) in [4.78, 5) is 4.49. The molecule has 0 bridgehead atoms. The fourth-order valence-electron chi connectivity index (χ4n) is 2.61. The predicted molar refractivity (Wildman–Crippen MR) is 86.1 cm³/mol. The van der Waals surface area contributed by atoms with Crippen molar-refractivity contribution in [1.82, 2.24) is 14.3 Å². The van der Waals surface area contributed by atoms with E-state index in [-0.39, 0.29) is 12.3 Å². The van der Waals surface area contributed by atoms with Crippen LogP contribution in [-0.4, -0.2) is 18.0 Å². The summed E-state index contributed by atoms with van der Waals surface area (Å²) in [5, 5.41) is 0.463. The molecule has 1 aromatic carbocycles. The first-order chi connectivity index (χ1) is 10.5. The Bertz CT molecular complexity index is 747. The average molecular weight is 340 g/mol. The highest BCUT2D eigenvalue weighted by Crippen LogP contribution is 2.18. The maximum atomic E-state index is 12.2. The topological polar surface area (TPSA) is 64.0 Å². The number of nitrogens with zero attached hydrogens (tertiary/aromatic N) is 2. The van der Waals surface area contributed by atoms with E-state index in [9.17, 15) is 8.42 Å². The van der Waals surface area contributed by atoms with E-state index in [4.69, 9.17) is 11.6 Å². The van der Waals surface area contributed by atoms with Crippen LogP contribution in [0.4, 0.5) is 0 Å². The summed E-state index contributed by atoms with van der Waals surface area (Å²) in [5.74, 6) is 0.923. The van der Waals surface area contributed by atoms with Gasteiger partial charge in [-0.1, -0.05) is 29.8 Å². The molecular formula is C15H18ClN3O2S. The number of aromatic nitrogens is 2. The molecule has 0 amide bonds. The van der Waals surface area contributed by atoms with Gasteiger partial charge in [0, 0.05) is 24.2 Å². The molecule has 1 aromatic heterocycles. The second-order valence-corrected chi connectivity index (χ2v) is 7.68. The molecule has 5 nitrogen and oxygen atoms in total. The smallest absolute Gasteiger partial charge is 0.216 e. The third-order valence-corrected chi connectivity index (χ3v) is 5.38. The second-order valence-electron chi connectivity index (χ2n) is 5.47. The van der Waals surface area contributed by atoms with Crippen molar-refractivity contribution in [3.8, 4) is 0 Å². The number of rotatable bonds is 5. The lowest BCUT2D eigenvalue weighted by Gasteiger charge is -2.11. The number of halogens is 1. The number of hydrogen-bond acceptors (Lipinski definition) is 3. The minimum absolute atomic E-state index is 0.125. The zero-order chi connectivity index (χ0) is 15.6. The van der Waals surface area contributed by atoms with Crippen molar-refractivity contribution in [3.05, 3.63) is 52.6 Å². The van der Waals surface area contributed by atoms with Crippen LogP contribution >= 0.6 is 11.6 Å². The zero-order valence-corrected chi connectivity index (χ0v) is 13.7. The van der Waals surface area contributed by atoms with E-state index >= 15 is 0 Å². The van der Waals surface area contributed by atoms with Gasteiger partial charge in [-0.2, -0.15) is 0 Å². The van der Waals surface area contributed by atoms with Gasteiger partial charge in [-0.3, -0.25) is 0 Å². The number of hydrogen-bond donors (Lipinski definition) is 1. The van der Waals surface area contributed by atoms with E-state index < -0.39 is 10.0 Å². The molecule has 118 valence electrons. The average Bonchev–Trinajstić information content (AvgIpc) is 2.91. The van der Waals surface area contributed by atoms with Crippen LogP contribution in [0.2, 0.25) is 5.02 Å². The Kier molecular flexibility index (Phi) is 4.52. The van der Waals surface area contributed by atoms with Gasteiger partial charge in [0.1, 0.15) is 5.82 Å². The quantitative estimate of drug-likeness (QED) is 0.910. The van der Waals surface area contributed by atoms with Gasteiger partial charge in [0.15, 0.2) is 0 Å². The summed E-state index contributed by atoms with van der Waals surface area (Å²) in [5.41, 5.74) is 1.36. The van der Waals surface area contributed by atoms with Crippen LogP contribution in [0, 0.1) is 0 Å². The fourth-order valence-corrected chi connectivity index (χ4v) is 4.02. The minimum atomic E-state index is -3.44. The summed E-state index contributed by atoms with van der Waals surface area (Å²) >= 11 is 6.01. The fraction of sp³-hybridized carbons (Fsp3) is 0.400. The van der Waals surface area contributed by atoms with Gasteiger partial charge < -0.3 is 4.57 Å². The molecule has 0 spiro atoms. The molecule has 1 N–H and O–H groups in total. The van der Waals surface area contributed by atoms with E-state index in [1.54, 1.807) is 24.3 Å². The van der Waals surface area contributed by atoms with Crippen molar-refractivity contribution in [2.45, 2.75) is 38.1 Å². The molecule has 3 rings (SSSR count). The Hall–Kier alpha value is -1.37. The lowest BCUT2D eigenvalue weighted by atomic mass is 10.2. The first kappa shape index (κ1) is 15.5. The number of nitrogens with one attached hydrogen (secondary N) is 1. The van der Waals surface area contributed by atoms with Crippen LogP contribution in [0.3, 0.4) is 0 Å². The van der Waals surface area contributed by atoms with Crippen LogP contribution < -0.4 is 4.72 Å². The Labute approximate surface area is 135 Å². The molecule has 0 saturated carbocycles. The van der Waals surface area contributed by atoms with Gasteiger partial charge in [-0.05, 0) is 24.5 Å². The third kappa shape index (κ3) is 3.69. The van der Waals surface area contributed by atoms with Gasteiger partial charge in [0.2, 0.25) is 10.0 Å². The van der Waals surface area contributed by atoms with Gasteiger partial charge in [0.25, 0.3) is 0 Å². The monoisotopic (exact) mass is 339 g/mol. The van der Waals surface area contributed by atoms with Crippen molar-refractivity contribution in [1.29, 1.82) is 0 Å². The maximum absolute atomic E-state index is 12.2. The molecule has 1 aliphatic heterocycles. The van der Waals surface area contributed by atoms with Crippen LogP contribution in [0.25, 0.3) is 0 Å². The van der Waals surface area contributed by atoms with Crippen LogP contribution in [0.1, 0.15) is 29.9 Å².